The largest absolute Gasteiger partial charge is 0.389 e. The summed E-state index contributed by atoms with van der Waals surface area (Å²) in [6.07, 6.45) is -0.993. The van der Waals surface area contributed by atoms with Gasteiger partial charge in [0.1, 0.15) is 4.90 Å². The van der Waals surface area contributed by atoms with E-state index in [2.05, 4.69) is 0 Å². The molecule has 0 amide bonds. The van der Waals surface area contributed by atoms with Crippen LogP contribution in [0.15, 0.2) is 23.1 Å². The minimum absolute atomic E-state index is 0.0160. The number of rotatable bonds is 6. The number of halogens is 2. The SMILES string of the molecule is COCC(O)CN(C)S(=O)(=O)c1cccc(Cl)c1F. The summed E-state index contributed by atoms with van der Waals surface area (Å²) < 4.78 is 43.5. The molecule has 0 aromatic heterocycles. The van der Waals surface area contributed by atoms with Gasteiger partial charge in [-0.1, -0.05) is 17.7 Å². The minimum Gasteiger partial charge on any atom is -0.389 e. The molecule has 0 aliphatic carbocycles. The van der Waals surface area contributed by atoms with Crippen molar-refractivity contribution in [3.63, 3.8) is 0 Å². The third kappa shape index (κ3) is 3.87. The van der Waals surface area contributed by atoms with Crippen LogP contribution in [-0.4, -0.2) is 51.2 Å². The molecule has 5 nitrogen and oxygen atoms in total. The highest BCUT2D eigenvalue weighted by Gasteiger charge is 2.27. The lowest BCUT2D eigenvalue weighted by atomic mass is 10.3. The maximum Gasteiger partial charge on any atom is 0.245 e. The van der Waals surface area contributed by atoms with Crippen molar-refractivity contribution in [3.8, 4) is 0 Å². The summed E-state index contributed by atoms with van der Waals surface area (Å²) in [6, 6.07) is 3.73. The van der Waals surface area contributed by atoms with Crippen LogP contribution in [-0.2, 0) is 14.8 Å². The van der Waals surface area contributed by atoms with Crippen molar-refractivity contribution in [2.75, 3.05) is 27.3 Å². The Hall–Kier alpha value is -0.730. The van der Waals surface area contributed by atoms with Crippen molar-refractivity contribution in [3.05, 3.63) is 29.0 Å². The van der Waals surface area contributed by atoms with Crippen LogP contribution in [0.2, 0.25) is 5.02 Å². The smallest absolute Gasteiger partial charge is 0.245 e. The fourth-order valence-corrected chi connectivity index (χ4v) is 3.01. The molecule has 108 valence electrons. The number of aliphatic hydroxyl groups excluding tert-OH is 1. The van der Waals surface area contributed by atoms with Crippen LogP contribution in [0.5, 0.6) is 0 Å². The number of sulfonamides is 1. The summed E-state index contributed by atoms with van der Waals surface area (Å²) in [6.45, 7) is -0.222. The maximum atomic E-state index is 13.7. The third-order valence-corrected chi connectivity index (χ3v) is 4.56. The van der Waals surface area contributed by atoms with Gasteiger partial charge >= 0.3 is 0 Å². The van der Waals surface area contributed by atoms with Gasteiger partial charge in [-0.3, -0.25) is 0 Å². The number of hydrogen-bond donors (Lipinski definition) is 1. The van der Waals surface area contributed by atoms with Crippen LogP contribution in [0.4, 0.5) is 4.39 Å². The first-order valence-electron chi connectivity index (χ1n) is 5.38. The topological polar surface area (TPSA) is 66.8 Å². The van der Waals surface area contributed by atoms with Crippen LogP contribution < -0.4 is 0 Å². The van der Waals surface area contributed by atoms with Gasteiger partial charge in [0.05, 0.1) is 17.7 Å². The predicted octanol–water partition coefficient (Wildman–Crippen LogP) is 1.11. The van der Waals surface area contributed by atoms with E-state index in [0.29, 0.717) is 0 Å². The fourth-order valence-electron chi connectivity index (χ4n) is 1.49. The first kappa shape index (κ1) is 16.3. The first-order valence-corrected chi connectivity index (χ1v) is 7.20. The molecule has 19 heavy (non-hydrogen) atoms. The lowest BCUT2D eigenvalue weighted by molar-refractivity contribution is 0.0554. The van der Waals surface area contributed by atoms with Gasteiger partial charge in [0.2, 0.25) is 10.0 Å². The standard InChI is InChI=1S/C11H15ClFNO4S/c1-14(6-8(15)7-18-2)19(16,17)10-5-3-4-9(12)11(10)13/h3-5,8,15H,6-7H2,1-2H3. The van der Waals surface area contributed by atoms with Gasteiger partial charge in [-0.15, -0.1) is 0 Å². The molecule has 0 fully saturated rings. The Labute approximate surface area is 116 Å². The van der Waals surface area contributed by atoms with E-state index < -0.39 is 26.8 Å². The van der Waals surface area contributed by atoms with Gasteiger partial charge in [-0.2, -0.15) is 4.31 Å². The highest BCUT2D eigenvalue weighted by Crippen LogP contribution is 2.24. The van der Waals surface area contributed by atoms with E-state index in [-0.39, 0.29) is 18.2 Å². The van der Waals surface area contributed by atoms with E-state index in [1.54, 1.807) is 0 Å². The number of ether oxygens (including phenoxy) is 1. The molecule has 1 aromatic rings. The van der Waals surface area contributed by atoms with Gasteiger partial charge in [0.25, 0.3) is 0 Å². The summed E-state index contributed by atoms with van der Waals surface area (Å²) >= 11 is 5.55. The maximum absolute atomic E-state index is 13.7. The monoisotopic (exact) mass is 311 g/mol. The Balaban J connectivity index is 3.00. The molecular weight excluding hydrogens is 297 g/mol. The predicted molar refractivity (Wildman–Crippen MR) is 69.1 cm³/mol. The van der Waals surface area contributed by atoms with Gasteiger partial charge in [-0.25, -0.2) is 12.8 Å². The van der Waals surface area contributed by atoms with Crippen molar-refractivity contribution in [2.45, 2.75) is 11.0 Å². The molecule has 8 heteroatoms. The molecule has 0 heterocycles. The molecule has 1 N–H and O–H groups in total. The number of methoxy groups -OCH3 is 1. The highest BCUT2D eigenvalue weighted by molar-refractivity contribution is 7.89. The first-order chi connectivity index (χ1) is 8.80. The minimum atomic E-state index is -4.05. The number of benzene rings is 1. The average molecular weight is 312 g/mol. The van der Waals surface area contributed by atoms with E-state index in [1.165, 1.54) is 26.3 Å². The van der Waals surface area contributed by atoms with E-state index in [4.69, 9.17) is 16.3 Å². The molecule has 0 aliphatic heterocycles. The lowest BCUT2D eigenvalue weighted by Crippen LogP contribution is -2.36. The summed E-state index contributed by atoms with van der Waals surface area (Å²) in [5.74, 6) is -1.00. The molecule has 0 saturated heterocycles. The number of likely N-dealkylation sites (N-methyl/N-ethyl adjacent to an activating group) is 1. The van der Waals surface area contributed by atoms with Gasteiger partial charge in [0, 0.05) is 20.7 Å². The Kier molecular flexibility index (Phi) is 5.69. The number of hydrogen-bond acceptors (Lipinski definition) is 4. The zero-order valence-electron chi connectivity index (χ0n) is 10.5. The average Bonchev–Trinajstić information content (AvgIpc) is 2.32. The molecule has 0 bridgehead atoms. The Morgan fingerprint density at radius 2 is 2.16 bits per heavy atom. The Morgan fingerprint density at radius 3 is 2.74 bits per heavy atom. The molecule has 0 spiro atoms. The van der Waals surface area contributed by atoms with Crippen LogP contribution in [0, 0.1) is 5.82 Å². The second-order valence-electron chi connectivity index (χ2n) is 3.95. The van der Waals surface area contributed by atoms with Crippen molar-refractivity contribution in [1.82, 2.24) is 4.31 Å². The van der Waals surface area contributed by atoms with Gasteiger partial charge in [-0.05, 0) is 12.1 Å². The molecule has 0 aliphatic rings. The van der Waals surface area contributed by atoms with Gasteiger partial charge < -0.3 is 9.84 Å². The summed E-state index contributed by atoms with van der Waals surface area (Å²) in [7, 11) is -1.42. The molecule has 1 unspecified atom stereocenters. The van der Waals surface area contributed by atoms with E-state index in [9.17, 15) is 17.9 Å². The second-order valence-corrected chi connectivity index (χ2v) is 6.37. The van der Waals surface area contributed by atoms with Gasteiger partial charge in [0.15, 0.2) is 5.82 Å². The Morgan fingerprint density at radius 1 is 1.53 bits per heavy atom. The molecular formula is C11H15ClFNO4S. The van der Waals surface area contributed by atoms with Crippen molar-refractivity contribution >= 4 is 21.6 Å². The summed E-state index contributed by atoms with van der Waals surface area (Å²) in [4.78, 5) is -0.521. The van der Waals surface area contributed by atoms with E-state index in [0.717, 1.165) is 10.4 Å². The molecule has 0 saturated carbocycles. The zero-order chi connectivity index (χ0) is 14.6. The quantitative estimate of drug-likeness (QED) is 0.854. The van der Waals surface area contributed by atoms with E-state index in [1.807, 2.05) is 0 Å². The molecule has 1 rings (SSSR count). The highest BCUT2D eigenvalue weighted by atomic mass is 35.5. The molecule has 1 atom stereocenters. The van der Waals surface area contributed by atoms with Crippen molar-refractivity contribution in [2.24, 2.45) is 0 Å². The van der Waals surface area contributed by atoms with Crippen LogP contribution in [0.1, 0.15) is 0 Å². The van der Waals surface area contributed by atoms with Crippen molar-refractivity contribution in [1.29, 1.82) is 0 Å². The number of nitrogens with zero attached hydrogens (tertiary/aromatic N) is 1. The van der Waals surface area contributed by atoms with Crippen LogP contribution >= 0.6 is 11.6 Å². The van der Waals surface area contributed by atoms with Crippen LogP contribution in [0.3, 0.4) is 0 Å². The second kappa shape index (κ2) is 6.62. The summed E-state index contributed by atoms with van der Waals surface area (Å²) in [5, 5.41) is 9.23. The number of aliphatic hydroxyl groups is 1. The molecule has 1 aromatic carbocycles. The van der Waals surface area contributed by atoms with E-state index >= 15 is 0 Å². The molecule has 0 radical (unpaired) electrons. The Bertz CT molecular complexity index is 537. The fraction of sp³-hybridized carbons (Fsp3) is 0.455. The third-order valence-electron chi connectivity index (χ3n) is 2.43. The van der Waals surface area contributed by atoms with Crippen LogP contribution in [0.25, 0.3) is 0 Å². The zero-order valence-corrected chi connectivity index (χ0v) is 12.1. The summed E-state index contributed by atoms with van der Waals surface area (Å²) in [5.41, 5.74) is 0. The normalized spacial score (nSPS) is 13.8. The lowest BCUT2D eigenvalue weighted by Gasteiger charge is -2.20. The van der Waals surface area contributed by atoms with Crippen molar-refractivity contribution < 1.29 is 22.7 Å².